The van der Waals surface area contributed by atoms with E-state index in [4.69, 9.17) is 10.8 Å². The number of hydrogen-bond donors (Lipinski definition) is 2. The summed E-state index contributed by atoms with van der Waals surface area (Å²) in [6.45, 7) is 4.16. The van der Waals surface area contributed by atoms with Gasteiger partial charge in [-0.25, -0.2) is 0 Å². The molecule has 0 aromatic carbocycles. The maximum absolute atomic E-state index is 11.9. The fraction of sp³-hybridized carbons (Fsp3) is 0.909. The molecule has 0 aromatic rings. The largest absolute Gasteiger partial charge is 0.396 e. The molecule has 0 bridgehead atoms. The van der Waals surface area contributed by atoms with Crippen molar-refractivity contribution in [3.8, 4) is 0 Å². The number of rotatable bonds is 4. The lowest BCUT2D eigenvalue weighted by Crippen LogP contribution is -2.44. The Morgan fingerprint density at radius 1 is 1.67 bits per heavy atom. The van der Waals surface area contributed by atoms with E-state index in [2.05, 4.69) is 0 Å². The van der Waals surface area contributed by atoms with Crippen molar-refractivity contribution < 1.29 is 9.90 Å². The molecular weight excluding hydrogens is 192 g/mol. The van der Waals surface area contributed by atoms with Gasteiger partial charge in [0.2, 0.25) is 5.91 Å². The second kappa shape index (κ2) is 6.08. The van der Waals surface area contributed by atoms with Crippen LogP contribution >= 0.6 is 0 Å². The summed E-state index contributed by atoms with van der Waals surface area (Å²) in [4.78, 5) is 13.8. The van der Waals surface area contributed by atoms with Crippen LogP contribution in [0.3, 0.4) is 0 Å². The number of amides is 1. The third kappa shape index (κ3) is 3.47. The molecule has 4 heteroatoms. The number of aliphatic hydroxyl groups excluding tert-OH is 1. The molecule has 1 heterocycles. The number of likely N-dealkylation sites (tertiary alicyclic amines) is 1. The zero-order valence-electron chi connectivity index (χ0n) is 9.48. The monoisotopic (exact) mass is 214 g/mol. The Bertz CT molecular complexity index is 207. The molecule has 15 heavy (non-hydrogen) atoms. The van der Waals surface area contributed by atoms with E-state index in [1.165, 1.54) is 0 Å². The summed E-state index contributed by atoms with van der Waals surface area (Å²) in [6, 6.07) is 0. The van der Waals surface area contributed by atoms with Crippen LogP contribution in [0.25, 0.3) is 0 Å². The highest BCUT2D eigenvalue weighted by atomic mass is 16.3. The summed E-state index contributed by atoms with van der Waals surface area (Å²) in [5, 5.41) is 8.88. The van der Waals surface area contributed by atoms with Gasteiger partial charge in [0.25, 0.3) is 0 Å². The van der Waals surface area contributed by atoms with E-state index in [-0.39, 0.29) is 18.4 Å². The molecule has 0 saturated carbocycles. The molecule has 2 unspecified atom stereocenters. The minimum absolute atomic E-state index is 0.0714. The van der Waals surface area contributed by atoms with E-state index in [0.29, 0.717) is 12.5 Å². The third-order valence-electron chi connectivity index (χ3n) is 3.14. The summed E-state index contributed by atoms with van der Waals surface area (Å²) < 4.78 is 0. The molecule has 4 nitrogen and oxygen atoms in total. The molecule has 0 aliphatic carbocycles. The topological polar surface area (TPSA) is 66.6 Å². The van der Waals surface area contributed by atoms with Gasteiger partial charge in [0.05, 0.1) is 0 Å². The summed E-state index contributed by atoms with van der Waals surface area (Å²) >= 11 is 0. The second-order valence-corrected chi connectivity index (χ2v) is 4.44. The minimum Gasteiger partial charge on any atom is -0.396 e. The number of hydrogen-bond acceptors (Lipinski definition) is 3. The van der Waals surface area contributed by atoms with Crippen LogP contribution in [0.5, 0.6) is 0 Å². The molecular formula is C11H22N2O2. The van der Waals surface area contributed by atoms with Crippen molar-refractivity contribution in [2.75, 3.05) is 26.2 Å². The summed E-state index contributed by atoms with van der Waals surface area (Å²) in [5.41, 5.74) is 5.49. The predicted octanol–water partition coefficient (Wildman–Crippen LogP) is 0.202. The van der Waals surface area contributed by atoms with Gasteiger partial charge in [-0.2, -0.15) is 0 Å². The fourth-order valence-electron chi connectivity index (χ4n) is 2.10. The summed E-state index contributed by atoms with van der Waals surface area (Å²) in [5.74, 6) is 0.565. The van der Waals surface area contributed by atoms with E-state index in [1.54, 1.807) is 0 Å². The molecule has 1 fully saturated rings. The Morgan fingerprint density at radius 2 is 2.40 bits per heavy atom. The number of carbonyl (C=O) groups excluding carboxylic acids is 1. The first kappa shape index (κ1) is 12.5. The maximum Gasteiger partial charge on any atom is 0.226 e. The SMILES string of the molecule is CC(CN)C(=O)N1CCCC(CCO)C1. The van der Waals surface area contributed by atoms with Gasteiger partial charge in [-0.3, -0.25) is 4.79 Å². The van der Waals surface area contributed by atoms with Crippen LogP contribution in [0, 0.1) is 11.8 Å². The van der Waals surface area contributed by atoms with Crippen LogP contribution in [0.15, 0.2) is 0 Å². The van der Waals surface area contributed by atoms with E-state index < -0.39 is 0 Å². The van der Waals surface area contributed by atoms with Crippen LogP contribution in [-0.4, -0.2) is 42.2 Å². The van der Waals surface area contributed by atoms with Gasteiger partial charge in [-0.15, -0.1) is 0 Å². The molecule has 0 spiro atoms. The maximum atomic E-state index is 11.9. The average Bonchev–Trinajstić information content (AvgIpc) is 2.28. The van der Waals surface area contributed by atoms with Crippen LogP contribution in [-0.2, 0) is 4.79 Å². The lowest BCUT2D eigenvalue weighted by atomic mass is 9.94. The van der Waals surface area contributed by atoms with Crippen molar-refractivity contribution in [2.45, 2.75) is 26.2 Å². The van der Waals surface area contributed by atoms with E-state index >= 15 is 0 Å². The molecule has 1 aliphatic heterocycles. The van der Waals surface area contributed by atoms with Crippen molar-refractivity contribution in [3.63, 3.8) is 0 Å². The highest BCUT2D eigenvalue weighted by Gasteiger charge is 2.25. The normalized spacial score (nSPS) is 23.9. The van der Waals surface area contributed by atoms with Gasteiger partial charge in [0.1, 0.15) is 0 Å². The smallest absolute Gasteiger partial charge is 0.226 e. The quantitative estimate of drug-likeness (QED) is 0.702. The first-order valence-electron chi connectivity index (χ1n) is 5.78. The predicted molar refractivity (Wildman–Crippen MR) is 59.2 cm³/mol. The number of piperidine rings is 1. The van der Waals surface area contributed by atoms with Crippen molar-refractivity contribution in [1.29, 1.82) is 0 Å². The van der Waals surface area contributed by atoms with Gasteiger partial charge >= 0.3 is 0 Å². The molecule has 1 amide bonds. The van der Waals surface area contributed by atoms with Gasteiger partial charge in [-0.1, -0.05) is 6.92 Å². The summed E-state index contributed by atoms with van der Waals surface area (Å²) in [7, 11) is 0. The second-order valence-electron chi connectivity index (χ2n) is 4.44. The van der Waals surface area contributed by atoms with E-state index in [0.717, 1.165) is 32.4 Å². The Hall–Kier alpha value is -0.610. The molecule has 1 aliphatic rings. The zero-order valence-corrected chi connectivity index (χ0v) is 9.48. The molecule has 0 aromatic heterocycles. The lowest BCUT2D eigenvalue weighted by Gasteiger charge is -2.34. The summed E-state index contributed by atoms with van der Waals surface area (Å²) in [6.07, 6.45) is 2.98. The highest BCUT2D eigenvalue weighted by molar-refractivity contribution is 5.78. The first-order valence-corrected chi connectivity index (χ1v) is 5.78. The number of carbonyl (C=O) groups is 1. The number of aliphatic hydroxyl groups is 1. The van der Waals surface area contributed by atoms with Crippen LogP contribution in [0.2, 0.25) is 0 Å². The fourth-order valence-corrected chi connectivity index (χ4v) is 2.10. The zero-order chi connectivity index (χ0) is 11.3. The first-order chi connectivity index (χ1) is 7.19. The van der Waals surface area contributed by atoms with Crippen LogP contribution in [0.4, 0.5) is 0 Å². The van der Waals surface area contributed by atoms with E-state index in [1.807, 2.05) is 11.8 Å². The minimum atomic E-state index is -0.0714. The molecule has 0 radical (unpaired) electrons. The Morgan fingerprint density at radius 3 is 3.00 bits per heavy atom. The van der Waals surface area contributed by atoms with Crippen molar-refractivity contribution in [1.82, 2.24) is 4.90 Å². The Kier molecular flexibility index (Phi) is 5.05. The van der Waals surface area contributed by atoms with Gasteiger partial charge in [0, 0.05) is 32.2 Å². The van der Waals surface area contributed by atoms with Crippen molar-refractivity contribution in [3.05, 3.63) is 0 Å². The highest BCUT2D eigenvalue weighted by Crippen LogP contribution is 2.20. The standard InChI is InChI=1S/C11H22N2O2/c1-9(7-12)11(15)13-5-2-3-10(8-13)4-6-14/h9-10,14H,2-8,12H2,1H3. The van der Waals surface area contributed by atoms with Crippen molar-refractivity contribution >= 4 is 5.91 Å². The van der Waals surface area contributed by atoms with E-state index in [9.17, 15) is 4.79 Å². The Balaban J connectivity index is 2.44. The molecule has 2 atom stereocenters. The van der Waals surface area contributed by atoms with Crippen LogP contribution in [0.1, 0.15) is 26.2 Å². The molecule has 88 valence electrons. The van der Waals surface area contributed by atoms with Crippen molar-refractivity contribution in [2.24, 2.45) is 17.6 Å². The average molecular weight is 214 g/mol. The number of nitrogens with two attached hydrogens (primary N) is 1. The van der Waals surface area contributed by atoms with Gasteiger partial charge in [0.15, 0.2) is 0 Å². The van der Waals surface area contributed by atoms with Gasteiger partial charge < -0.3 is 15.7 Å². The number of nitrogens with zero attached hydrogens (tertiary/aromatic N) is 1. The lowest BCUT2D eigenvalue weighted by molar-refractivity contribution is -0.136. The third-order valence-corrected chi connectivity index (χ3v) is 3.14. The van der Waals surface area contributed by atoms with Gasteiger partial charge in [-0.05, 0) is 25.2 Å². The van der Waals surface area contributed by atoms with Crippen LogP contribution < -0.4 is 5.73 Å². The molecule has 3 N–H and O–H groups in total. The molecule has 1 rings (SSSR count). The Labute approximate surface area is 91.4 Å². The molecule has 1 saturated heterocycles.